The molecule has 5 rings (SSSR count). The van der Waals surface area contributed by atoms with Crippen LogP contribution < -0.4 is 4.74 Å². The van der Waals surface area contributed by atoms with Crippen molar-refractivity contribution in [2.75, 3.05) is 20.2 Å². The zero-order valence-corrected chi connectivity index (χ0v) is 23.2. The third-order valence-corrected chi connectivity index (χ3v) is 7.24. The van der Waals surface area contributed by atoms with Crippen molar-refractivity contribution in [2.45, 2.75) is 19.5 Å². The molecule has 0 aliphatic heterocycles. The summed E-state index contributed by atoms with van der Waals surface area (Å²) in [7, 11) is 1.58. The van der Waals surface area contributed by atoms with E-state index in [1.54, 1.807) is 30.2 Å². The summed E-state index contributed by atoms with van der Waals surface area (Å²) >= 11 is 0. The second-order valence-electron chi connectivity index (χ2n) is 10.0. The first-order chi connectivity index (χ1) is 20.4. The number of carbonyl (C=O) groups is 2. The summed E-state index contributed by atoms with van der Waals surface area (Å²) in [5, 5.41) is 1.08. The SMILES string of the molecule is COc1ccccc1CN(CCc1c[nH]c2ccccc12)C(=O)CN(Cc1ccc(F)cc1)C(=O)c1ccccc1F. The number of benzene rings is 4. The van der Waals surface area contributed by atoms with Crippen molar-refractivity contribution in [1.29, 1.82) is 0 Å². The Labute approximate surface area is 243 Å². The molecular weight excluding hydrogens is 536 g/mol. The fourth-order valence-corrected chi connectivity index (χ4v) is 5.00. The number of ether oxygens (including phenoxy) is 1. The van der Waals surface area contributed by atoms with Crippen LogP contribution in [0.15, 0.2) is 103 Å². The monoisotopic (exact) mass is 567 g/mol. The van der Waals surface area contributed by atoms with Gasteiger partial charge in [-0.3, -0.25) is 9.59 Å². The average Bonchev–Trinajstić information content (AvgIpc) is 3.43. The minimum atomic E-state index is -0.677. The van der Waals surface area contributed by atoms with Crippen LogP contribution in [0.2, 0.25) is 0 Å². The number of aromatic nitrogens is 1. The maximum absolute atomic E-state index is 14.7. The van der Waals surface area contributed by atoms with Crippen LogP contribution >= 0.6 is 0 Å². The Kier molecular flexibility index (Phi) is 8.92. The van der Waals surface area contributed by atoms with Crippen molar-refractivity contribution in [3.05, 3.63) is 137 Å². The maximum atomic E-state index is 14.7. The topological polar surface area (TPSA) is 65.6 Å². The van der Waals surface area contributed by atoms with E-state index in [-0.39, 0.29) is 31.1 Å². The molecule has 1 heterocycles. The van der Waals surface area contributed by atoms with Crippen molar-refractivity contribution in [2.24, 2.45) is 0 Å². The number of rotatable bonds is 11. The first kappa shape index (κ1) is 28.5. The summed E-state index contributed by atoms with van der Waals surface area (Å²) in [5.41, 5.74) is 3.37. The Morgan fingerprint density at radius 1 is 0.786 bits per heavy atom. The summed E-state index contributed by atoms with van der Waals surface area (Å²) < 4.78 is 33.8. The summed E-state index contributed by atoms with van der Waals surface area (Å²) in [4.78, 5) is 33.8. The molecule has 214 valence electrons. The second kappa shape index (κ2) is 13.1. The number of methoxy groups -OCH3 is 1. The highest BCUT2D eigenvalue weighted by molar-refractivity contribution is 5.96. The van der Waals surface area contributed by atoms with Gasteiger partial charge < -0.3 is 19.5 Å². The van der Waals surface area contributed by atoms with Gasteiger partial charge in [-0.1, -0.05) is 60.7 Å². The molecule has 2 amide bonds. The van der Waals surface area contributed by atoms with Crippen LogP contribution in [0.3, 0.4) is 0 Å². The molecular formula is C34H31F2N3O3. The van der Waals surface area contributed by atoms with Crippen LogP contribution in [-0.2, 0) is 24.3 Å². The van der Waals surface area contributed by atoms with E-state index in [0.29, 0.717) is 24.3 Å². The Morgan fingerprint density at radius 2 is 1.50 bits per heavy atom. The smallest absolute Gasteiger partial charge is 0.257 e. The van der Waals surface area contributed by atoms with Gasteiger partial charge in [-0.15, -0.1) is 0 Å². The molecule has 8 heteroatoms. The molecule has 1 aromatic heterocycles. The summed E-state index contributed by atoms with van der Waals surface area (Å²) in [6, 6.07) is 26.8. The lowest BCUT2D eigenvalue weighted by molar-refractivity contribution is -0.132. The summed E-state index contributed by atoms with van der Waals surface area (Å²) in [5.74, 6) is -1.38. The molecule has 0 atom stereocenters. The molecule has 0 unspecified atom stereocenters. The maximum Gasteiger partial charge on any atom is 0.257 e. The first-order valence-electron chi connectivity index (χ1n) is 13.7. The highest BCUT2D eigenvalue weighted by Crippen LogP contribution is 2.22. The van der Waals surface area contributed by atoms with Crippen molar-refractivity contribution < 1.29 is 23.1 Å². The largest absolute Gasteiger partial charge is 0.496 e. The van der Waals surface area contributed by atoms with Crippen LogP contribution in [0.1, 0.15) is 27.0 Å². The van der Waals surface area contributed by atoms with Gasteiger partial charge >= 0.3 is 0 Å². The van der Waals surface area contributed by atoms with Gasteiger partial charge in [-0.05, 0) is 53.9 Å². The number of halogens is 2. The Balaban J connectivity index is 1.43. The number of H-pyrrole nitrogens is 1. The lowest BCUT2D eigenvalue weighted by atomic mass is 10.1. The van der Waals surface area contributed by atoms with Gasteiger partial charge in [0.1, 0.15) is 23.9 Å². The molecule has 0 saturated carbocycles. The van der Waals surface area contributed by atoms with Gasteiger partial charge in [-0.25, -0.2) is 8.78 Å². The zero-order valence-electron chi connectivity index (χ0n) is 23.2. The van der Waals surface area contributed by atoms with Crippen molar-refractivity contribution >= 4 is 22.7 Å². The Bertz CT molecular complexity index is 1680. The minimum Gasteiger partial charge on any atom is -0.496 e. The second-order valence-corrected chi connectivity index (χ2v) is 10.0. The van der Waals surface area contributed by atoms with E-state index in [9.17, 15) is 18.4 Å². The number of nitrogens with zero attached hydrogens (tertiary/aromatic N) is 2. The molecule has 0 bridgehead atoms. The van der Waals surface area contributed by atoms with Crippen molar-refractivity contribution in [1.82, 2.24) is 14.8 Å². The van der Waals surface area contributed by atoms with E-state index >= 15 is 0 Å². The van der Waals surface area contributed by atoms with Gasteiger partial charge in [0.2, 0.25) is 5.91 Å². The molecule has 0 saturated heterocycles. The van der Waals surface area contributed by atoms with Crippen LogP contribution in [0, 0.1) is 11.6 Å². The van der Waals surface area contributed by atoms with Gasteiger partial charge in [0.25, 0.3) is 5.91 Å². The molecule has 0 fully saturated rings. The number of fused-ring (bicyclic) bond motifs is 1. The molecule has 0 aliphatic rings. The normalized spacial score (nSPS) is 10.9. The Hall–Kier alpha value is -4.98. The van der Waals surface area contributed by atoms with E-state index in [2.05, 4.69) is 4.98 Å². The quantitative estimate of drug-likeness (QED) is 0.202. The number of amides is 2. The molecule has 6 nitrogen and oxygen atoms in total. The standard InChI is InChI=1S/C34H31F2N3O3/c1-42-32-13-7-2-8-26(32)22-38(19-18-25-20-37-31-12-6-4-9-28(25)31)33(40)23-39(21-24-14-16-27(35)17-15-24)34(41)29-10-3-5-11-30(29)36/h2-17,20,37H,18-19,21-23H2,1H3. The van der Waals surface area contributed by atoms with Crippen LogP contribution in [0.25, 0.3) is 10.9 Å². The summed E-state index contributed by atoms with van der Waals surface area (Å²) in [6.45, 7) is 0.332. The van der Waals surface area contributed by atoms with Gasteiger partial charge in [0.15, 0.2) is 0 Å². The molecule has 0 spiro atoms. The number of aromatic amines is 1. The number of hydrogen-bond donors (Lipinski definition) is 1. The van der Waals surface area contributed by atoms with E-state index in [1.807, 2.05) is 54.7 Å². The lowest BCUT2D eigenvalue weighted by Gasteiger charge is -2.28. The number of nitrogens with one attached hydrogen (secondary N) is 1. The predicted octanol–water partition coefficient (Wildman–Crippen LogP) is 6.37. The van der Waals surface area contributed by atoms with Crippen LogP contribution in [0.4, 0.5) is 8.78 Å². The minimum absolute atomic E-state index is 0.00410. The number of para-hydroxylation sites is 2. The molecule has 5 aromatic rings. The average molecular weight is 568 g/mol. The van der Waals surface area contributed by atoms with Gasteiger partial charge in [0, 0.05) is 42.3 Å². The fourth-order valence-electron chi connectivity index (χ4n) is 5.00. The van der Waals surface area contributed by atoms with E-state index in [4.69, 9.17) is 4.74 Å². The van der Waals surface area contributed by atoms with Gasteiger partial charge in [-0.2, -0.15) is 0 Å². The third-order valence-electron chi connectivity index (χ3n) is 7.24. The molecule has 1 N–H and O–H groups in total. The molecule has 4 aromatic carbocycles. The lowest BCUT2D eigenvalue weighted by Crippen LogP contribution is -2.43. The zero-order chi connectivity index (χ0) is 29.5. The fraction of sp³-hybridized carbons (Fsp3) is 0.176. The number of hydrogen-bond acceptors (Lipinski definition) is 3. The van der Waals surface area contributed by atoms with Crippen LogP contribution in [-0.4, -0.2) is 46.8 Å². The van der Waals surface area contributed by atoms with E-state index in [1.165, 1.54) is 35.2 Å². The van der Waals surface area contributed by atoms with Crippen LogP contribution in [0.5, 0.6) is 5.75 Å². The summed E-state index contributed by atoms with van der Waals surface area (Å²) in [6.07, 6.45) is 2.52. The number of carbonyl (C=O) groups excluding carboxylic acids is 2. The predicted molar refractivity (Wildman–Crippen MR) is 158 cm³/mol. The first-order valence-corrected chi connectivity index (χ1v) is 13.7. The highest BCUT2D eigenvalue weighted by atomic mass is 19.1. The van der Waals surface area contributed by atoms with E-state index < -0.39 is 17.5 Å². The van der Waals surface area contributed by atoms with Crippen molar-refractivity contribution in [3.8, 4) is 5.75 Å². The molecule has 42 heavy (non-hydrogen) atoms. The third kappa shape index (κ3) is 6.66. The molecule has 0 aliphatic carbocycles. The van der Waals surface area contributed by atoms with E-state index in [0.717, 1.165) is 22.0 Å². The van der Waals surface area contributed by atoms with Crippen molar-refractivity contribution in [3.63, 3.8) is 0 Å². The molecule has 0 radical (unpaired) electrons. The Morgan fingerprint density at radius 3 is 2.29 bits per heavy atom. The highest BCUT2D eigenvalue weighted by Gasteiger charge is 2.25. The van der Waals surface area contributed by atoms with Gasteiger partial charge in [0.05, 0.1) is 12.7 Å².